The van der Waals surface area contributed by atoms with E-state index in [-0.39, 0.29) is 12.5 Å². The van der Waals surface area contributed by atoms with Crippen LogP contribution in [0.15, 0.2) is 54.6 Å². The Balaban J connectivity index is 2.08. The van der Waals surface area contributed by atoms with Crippen LogP contribution in [0, 0.1) is 0 Å². The number of esters is 1. The molecule has 7 heteroatoms. The Morgan fingerprint density at radius 3 is 2.25 bits per heavy atom. The van der Waals surface area contributed by atoms with Crippen molar-refractivity contribution in [1.82, 2.24) is 10.6 Å². The van der Waals surface area contributed by atoms with E-state index in [1.54, 1.807) is 36.4 Å². The fraction of sp³-hybridized carbons (Fsp3) is 0.286. The minimum absolute atomic E-state index is 0.225. The van der Waals surface area contributed by atoms with Gasteiger partial charge < -0.3 is 14.8 Å². The predicted octanol–water partition coefficient (Wildman–Crippen LogP) is 2.93. The molecule has 0 unspecified atom stereocenters. The summed E-state index contributed by atoms with van der Waals surface area (Å²) in [5, 5.41) is 4.41. The van der Waals surface area contributed by atoms with Crippen molar-refractivity contribution in [2.45, 2.75) is 25.9 Å². The van der Waals surface area contributed by atoms with Crippen LogP contribution in [-0.4, -0.2) is 31.6 Å². The zero-order chi connectivity index (χ0) is 20.5. The smallest absolute Gasteiger partial charge is 0.345 e. The molecule has 28 heavy (non-hydrogen) atoms. The van der Waals surface area contributed by atoms with E-state index in [9.17, 15) is 14.4 Å². The van der Waals surface area contributed by atoms with E-state index >= 15 is 0 Å². The number of para-hydroxylation sites is 1. The van der Waals surface area contributed by atoms with Crippen molar-refractivity contribution in [3.05, 3.63) is 65.7 Å². The third kappa shape index (κ3) is 5.84. The normalized spacial score (nSPS) is 11.4. The Kier molecular flexibility index (Phi) is 7.56. The SMILES string of the molecule is CNC(=O)NC(=O)[C@H](OC(=O)COc1ccccc1C(C)C)c1ccccc1. The molecule has 2 aromatic carbocycles. The number of hydrogen-bond donors (Lipinski definition) is 2. The maximum atomic E-state index is 12.4. The molecule has 0 heterocycles. The van der Waals surface area contributed by atoms with Crippen molar-refractivity contribution in [2.75, 3.05) is 13.7 Å². The number of benzene rings is 2. The van der Waals surface area contributed by atoms with Crippen molar-refractivity contribution in [2.24, 2.45) is 0 Å². The lowest BCUT2D eigenvalue weighted by Crippen LogP contribution is -2.41. The summed E-state index contributed by atoms with van der Waals surface area (Å²) in [6.07, 6.45) is -1.27. The molecule has 148 valence electrons. The Bertz CT molecular complexity index is 821. The molecule has 7 nitrogen and oxygen atoms in total. The van der Waals surface area contributed by atoms with E-state index in [1.165, 1.54) is 7.05 Å². The Morgan fingerprint density at radius 1 is 0.964 bits per heavy atom. The summed E-state index contributed by atoms with van der Waals surface area (Å²) in [5.74, 6) is -0.663. The molecule has 0 saturated heterocycles. The van der Waals surface area contributed by atoms with E-state index in [0.717, 1.165) is 5.56 Å². The number of carbonyl (C=O) groups is 3. The highest BCUT2D eigenvalue weighted by Gasteiger charge is 2.26. The molecule has 1 atom stereocenters. The van der Waals surface area contributed by atoms with Gasteiger partial charge in [-0.05, 0) is 17.5 Å². The highest BCUT2D eigenvalue weighted by atomic mass is 16.6. The molecule has 0 radical (unpaired) electrons. The number of ether oxygens (including phenoxy) is 2. The molecular formula is C21H24N2O5. The van der Waals surface area contributed by atoms with Crippen molar-refractivity contribution in [1.29, 1.82) is 0 Å². The lowest BCUT2D eigenvalue weighted by molar-refractivity contribution is -0.158. The molecule has 3 amide bonds. The zero-order valence-electron chi connectivity index (χ0n) is 16.1. The summed E-state index contributed by atoms with van der Waals surface area (Å²) in [4.78, 5) is 36.1. The van der Waals surface area contributed by atoms with Gasteiger partial charge in [0.15, 0.2) is 6.61 Å². The van der Waals surface area contributed by atoms with Gasteiger partial charge in [-0.15, -0.1) is 0 Å². The summed E-state index contributed by atoms with van der Waals surface area (Å²) in [6, 6.07) is 15.2. The first-order valence-corrected chi connectivity index (χ1v) is 8.91. The van der Waals surface area contributed by atoms with Gasteiger partial charge in [-0.3, -0.25) is 10.1 Å². The summed E-state index contributed by atoms with van der Waals surface area (Å²) in [6.45, 7) is 3.68. The van der Waals surface area contributed by atoms with E-state index in [2.05, 4.69) is 10.6 Å². The van der Waals surface area contributed by atoms with Crippen LogP contribution in [-0.2, 0) is 14.3 Å². The van der Waals surface area contributed by atoms with Gasteiger partial charge >= 0.3 is 12.0 Å². The van der Waals surface area contributed by atoms with Gasteiger partial charge in [0.1, 0.15) is 5.75 Å². The maximum Gasteiger partial charge on any atom is 0.345 e. The third-order valence-corrected chi connectivity index (χ3v) is 3.94. The van der Waals surface area contributed by atoms with Crippen LogP contribution in [0.2, 0.25) is 0 Å². The summed E-state index contributed by atoms with van der Waals surface area (Å²) >= 11 is 0. The summed E-state index contributed by atoms with van der Waals surface area (Å²) in [7, 11) is 1.38. The second kappa shape index (κ2) is 10.1. The van der Waals surface area contributed by atoms with Crippen molar-refractivity contribution >= 4 is 17.9 Å². The Labute approximate surface area is 164 Å². The lowest BCUT2D eigenvalue weighted by Gasteiger charge is -2.18. The molecule has 0 aliphatic heterocycles. The molecule has 2 aromatic rings. The molecule has 0 aromatic heterocycles. The molecule has 0 spiro atoms. The van der Waals surface area contributed by atoms with Crippen LogP contribution < -0.4 is 15.4 Å². The molecule has 0 bridgehead atoms. The van der Waals surface area contributed by atoms with E-state index in [4.69, 9.17) is 9.47 Å². The number of nitrogens with one attached hydrogen (secondary N) is 2. The van der Waals surface area contributed by atoms with Gasteiger partial charge in [-0.2, -0.15) is 0 Å². The average molecular weight is 384 g/mol. The number of carbonyl (C=O) groups excluding carboxylic acids is 3. The number of rotatable bonds is 7. The molecule has 2 rings (SSSR count). The average Bonchev–Trinajstić information content (AvgIpc) is 2.71. The molecule has 2 N–H and O–H groups in total. The van der Waals surface area contributed by atoms with Crippen LogP contribution in [0.5, 0.6) is 5.75 Å². The van der Waals surface area contributed by atoms with E-state index in [0.29, 0.717) is 11.3 Å². The van der Waals surface area contributed by atoms with Crippen LogP contribution in [0.1, 0.15) is 37.0 Å². The fourth-order valence-corrected chi connectivity index (χ4v) is 2.53. The van der Waals surface area contributed by atoms with Crippen LogP contribution in [0.25, 0.3) is 0 Å². The van der Waals surface area contributed by atoms with E-state index in [1.807, 2.05) is 32.0 Å². The number of hydrogen-bond acceptors (Lipinski definition) is 5. The highest BCUT2D eigenvalue weighted by molar-refractivity contribution is 5.97. The second-order valence-corrected chi connectivity index (χ2v) is 6.33. The van der Waals surface area contributed by atoms with Crippen LogP contribution in [0.4, 0.5) is 4.79 Å². The van der Waals surface area contributed by atoms with Gasteiger partial charge in [-0.25, -0.2) is 9.59 Å². The van der Waals surface area contributed by atoms with Crippen LogP contribution in [0.3, 0.4) is 0 Å². The van der Waals surface area contributed by atoms with Gasteiger partial charge in [0.05, 0.1) is 0 Å². The zero-order valence-corrected chi connectivity index (χ0v) is 16.1. The quantitative estimate of drug-likeness (QED) is 0.716. The number of imide groups is 1. The molecular weight excluding hydrogens is 360 g/mol. The predicted molar refractivity (Wildman–Crippen MR) is 104 cm³/mol. The van der Waals surface area contributed by atoms with E-state index < -0.39 is 24.0 Å². The summed E-state index contributed by atoms with van der Waals surface area (Å²) in [5.41, 5.74) is 1.41. The molecule has 0 aliphatic carbocycles. The van der Waals surface area contributed by atoms with Gasteiger partial charge in [0, 0.05) is 12.6 Å². The largest absolute Gasteiger partial charge is 0.482 e. The third-order valence-electron chi connectivity index (χ3n) is 3.94. The first-order valence-electron chi connectivity index (χ1n) is 8.91. The van der Waals surface area contributed by atoms with Crippen molar-refractivity contribution in [3.8, 4) is 5.75 Å². The van der Waals surface area contributed by atoms with Crippen LogP contribution >= 0.6 is 0 Å². The molecule has 0 saturated carbocycles. The Morgan fingerprint density at radius 2 is 1.61 bits per heavy atom. The first-order chi connectivity index (χ1) is 13.4. The minimum atomic E-state index is -1.27. The van der Waals surface area contributed by atoms with Crippen molar-refractivity contribution < 1.29 is 23.9 Å². The lowest BCUT2D eigenvalue weighted by atomic mass is 10.0. The maximum absolute atomic E-state index is 12.4. The Hall–Kier alpha value is -3.35. The standard InChI is InChI=1S/C21H24N2O5/c1-14(2)16-11-7-8-12-17(16)27-13-18(24)28-19(15-9-5-4-6-10-15)20(25)23-21(26)22-3/h4-12,14,19H,13H2,1-3H3,(H2,22,23,25,26)/t19-/m1/s1. The second-order valence-electron chi connectivity index (χ2n) is 6.33. The van der Waals surface area contributed by atoms with Gasteiger partial charge in [0.25, 0.3) is 5.91 Å². The minimum Gasteiger partial charge on any atom is -0.482 e. The highest BCUT2D eigenvalue weighted by Crippen LogP contribution is 2.26. The van der Waals surface area contributed by atoms with Crippen molar-refractivity contribution in [3.63, 3.8) is 0 Å². The first kappa shape index (κ1) is 21.0. The topological polar surface area (TPSA) is 93.7 Å². The molecule has 0 fully saturated rings. The number of urea groups is 1. The molecule has 0 aliphatic rings. The van der Waals surface area contributed by atoms with Gasteiger partial charge in [-0.1, -0.05) is 62.4 Å². The number of amides is 3. The summed E-state index contributed by atoms with van der Waals surface area (Å²) < 4.78 is 10.9. The fourth-order valence-electron chi connectivity index (χ4n) is 2.53. The van der Waals surface area contributed by atoms with Gasteiger partial charge in [0.2, 0.25) is 6.10 Å². The monoisotopic (exact) mass is 384 g/mol.